The van der Waals surface area contributed by atoms with E-state index in [1.165, 1.54) is 6.33 Å². The first-order valence-electron chi connectivity index (χ1n) is 5.63. The molecule has 0 fully saturated rings. The predicted molar refractivity (Wildman–Crippen MR) is 59.3 cm³/mol. The monoisotopic (exact) mass is 249 g/mol. The van der Waals surface area contributed by atoms with Crippen molar-refractivity contribution in [1.29, 1.82) is 0 Å². The molecule has 6 heteroatoms. The lowest BCUT2D eigenvalue weighted by Gasteiger charge is -2.18. The number of alkyl halides is 3. The first-order valence-corrected chi connectivity index (χ1v) is 5.63. The minimum absolute atomic E-state index is 0.0532. The van der Waals surface area contributed by atoms with Crippen molar-refractivity contribution in [3.63, 3.8) is 0 Å². The highest BCUT2D eigenvalue weighted by atomic mass is 19.4. The van der Waals surface area contributed by atoms with E-state index < -0.39 is 12.6 Å². The van der Waals surface area contributed by atoms with E-state index in [-0.39, 0.29) is 18.4 Å². The fourth-order valence-corrected chi connectivity index (χ4v) is 1.59. The Kier molecular flexibility index (Phi) is 4.56. The van der Waals surface area contributed by atoms with Crippen molar-refractivity contribution in [2.75, 3.05) is 0 Å². The minimum atomic E-state index is -4.10. The summed E-state index contributed by atoms with van der Waals surface area (Å²) < 4.78 is 37.8. The Morgan fingerprint density at radius 2 is 2.06 bits per heavy atom. The minimum Gasteiger partial charge on any atom is -0.333 e. The van der Waals surface area contributed by atoms with Crippen LogP contribution in [-0.2, 0) is 6.54 Å². The van der Waals surface area contributed by atoms with E-state index in [4.69, 9.17) is 5.73 Å². The maximum absolute atomic E-state index is 12.0. The summed E-state index contributed by atoms with van der Waals surface area (Å²) >= 11 is 0. The molecule has 0 radical (unpaired) electrons. The second kappa shape index (κ2) is 5.53. The second-order valence-electron chi connectivity index (χ2n) is 4.50. The third-order valence-corrected chi connectivity index (χ3v) is 2.66. The molecule has 0 aromatic carbocycles. The molecule has 98 valence electrons. The molecule has 0 aliphatic heterocycles. The molecule has 0 aliphatic carbocycles. The molecular weight excluding hydrogens is 231 g/mol. The Bertz CT molecular complexity index is 344. The number of hydrogen-bond acceptors (Lipinski definition) is 2. The van der Waals surface area contributed by atoms with Gasteiger partial charge in [0, 0.05) is 25.2 Å². The molecular formula is C11H18F3N3. The maximum atomic E-state index is 12.0. The van der Waals surface area contributed by atoms with Crippen LogP contribution in [0.3, 0.4) is 0 Å². The van der Waals surface area contributed by atoms with Gasteiger partial charge in [-0.1, -0.05) is 13.8 Å². The molecule has 1 rings (SSSR count). The van der Waals surface area contributed by atoms with Crippen LogP contribution in [0.2, 0.25) is 0 Å². The molecule has 0 aliphatic rings. The number of aryl methyl sites for hydroxylation is 1. The summed E-state index contributed by atoms with van der Waals surface area (Å²) in [6, 6.07) is -0.191. The Hall–Kier alpha value is -1.04. The van der Waals surface area contributed by atoms with Crippen molar-refractivity contribution >= 4 is 0 Å². The van der Waals surface area contributed by atoms with Crippen molar-refractivity contribution in [2.45, 2.75) is 45.5 Å². The van der Waals surface area contributed by atoms with Crippen molar-refractivity contribution in [3.8, 4) is 0 Å². The summed E-state index contributed by atoms with van der Waals surface area (Å²) in [5.74, 6) is 0.230. The van der Waals surface area contributed by atoms with Gasteiger partial charge in [-0.15, -0.1) is 0 Å². The van der Waals surface area contributed by atoms with Crippen LogP contribution in [-0.4, -0.2) is 15.7 Å². The molecule has 1 atom stereocenters. The van der Waals surface area contributed by atoms with Crippen LogP contribution in [0.15, 0.2) is 12.5 Å². The molecule has 1 unspecified atom stereocenters. The fraction of sp³-hybridized carbons (Fsp3) is 0.727. The van der Waals surface area contributed by atoms with Crippen LogP contribution in [0.4, 0.5) is 13.2 Å². The van der Waals surface area contributed by atoms with Crippen LogP contribution >= 0.6 is 0 Å². The van der Waals surface area contributed by atoms with E-state index in [1.807, 2.05) is 13.8 Å². The summed E-state index contributed by atoms with van der Waals surface area (Å²) in [7, 11) is 0. The third-order valence-electron chi connectivity index (χ3n) is 2.66. The van der Waals surface area contributed by atoms with Gasteiger partial charge in [-0.25, -0.2) is 4.98 Å². The lowest BCUT2D eigenvalue weighted by Crippen LogP contribution is -2.20. The van der Waals surface area contributed by atoms with E-state index in [9.17, 15) is 13.2 Å². The molecule has 17 heavy (non-hydrogen) atoms. The van der Waals surface area contributed by atoms with Gasteiger partial charge in [-0.2, -0.15) is 13.2 Å². The van der Waals surface area contributed by atoms with E-state index in [2.05, 4.69) is 4.98 Å². The molecule has 1 heterocycles. The summed E-state index contributed by atoms with van der Waals surface area (Å²) in [6.07, 6.45) is -1.66. The zero-order chi connectivity index (χ0) is 13.1. The topological polar surface area (TPSA) is 43.8 Å². The summed E-state index contributed by atoms with van der Waals surface area (Å²) in [5, 5.41) is 0. The van der Waals surface area contributed by atoms with Gasteiger partial charge in [0.05, 0.1) is 12.0 Å². The molecule has 3 nitrogen and oxygen atoms in total. The molecule has 0 spiro atoms. The Morgan fingerprint density at radius 3 is 2.59 bits per heavy atom. The molecule has 1 aromatic heterocycles. The van der Waals surface area contributed by atoms with Crippen LogP contribution in [0, 0.1) is 5.92 Å². The Balaban J connectivity index is 2.58. The highest BCUT2D eigenvalue weighted by molar-refractivity contribution is 5.05. The molecule has 0 bridgehead atoms. The highest BCUT2D eigenvalue weighted by Gasteiger charge is 2.26. The number of nitrogens with zero attached hydrogens (tertiary/aromatic N) is 2. The molecule has 0 saturated carbocycles. The SMILES string of the molecule is CC(C)C(N)c1cncn1CCCC(F)(F)F. The number of halogens is 3. The second-order valence-corrected chi connectivity index (χ2v) is 4.50. The Labute approximate surface area is 98.8 Å². The van der Waals surface area contributed by atoms with Crippen molar-refractivity contribution in [2.24, 2.45) is 11.7 Å². The lowest BCUT2D eigenvalue weighted by molar-refractivity contribution is -0.135. The molecule has 0 saturated heterocycles. The first-order chi connectivity index (χ1) is 7.81. The van der Waals surface area contributed by atoms with Gasteiger partial charge < -0.3 is 10.3 Å². The smallest absolute Gasteiger partial charge is 0.333 e. The van der Waals surface area contributed by atoms with Crippen LogP contribution < -0.4 is 5.73 Å². The summed E-state index contributed by atoms with van der Waals surface area (Å²) in [4.78, 5) is 3.94. The van der Waals surface area contributed by atoms with Crippen molar-refractivity contribution < 1.29 is 13.2 Å². The number of rotatable bonds is 5. The maximum Gasteiger partial charge on any atom is 0.389 e. The standard InChI is InChI=1S/C11H18F3N3/c1-8(2)10(15)9-6-16-7-17(9)5-3-4-11(12,13)14/h6-8,10H,3-5,15H2,1-2H3. The third kappa shape index (κ3) is 4.38. The van der Waals surface area contributed by atoms with E-state index >= 15 is 0 Å². The first kappa shape index (κ1) is 14.0. The lowest BCUT2D eigenvalue weighted by atomic mass is 10.0. The average molecular weight is 249 g/mol. The van der Waals surface area contributed by atoms with Gasteiger partial charge in [0.15, 0.2) is 0 Å². The van der Waals surface area contributed by atoms with Crippen molar-refractivity contribution in [1.82, 2.24) is 9.55 Å². The quantitative estimate of drug-likeness (QED) is 0.872. The normalized spacial score (nSPS) is 14.3. The van der Waals surface area contributed by atoms with E-state index in [0.29, 0.717) is 6.54 Å². The van der Waals surface area contributed by atoms with Gasteiger partial charge in [0.2, 0.25) is 0 Å². The zero-order valence-corrected chi connectivity index (χ0v) is 10.0. The average Bonchev–Trinajstić information content (AvgIpc) is 2.62. The van der Waals surface area contributed by atoms with E-state index in [0.717, 1.165) is 5.69 Å². The summed E-state index contributed by atoms with van der Waals surface area (Å²) in [5.41, 5.74) is 6.75. The molecule has 1 aromatic rings. The highest BCUT2D eigenvalue weighted by Crippen LogP contribution is 2.23. The number of nitrogens with two attached hydrogens (primary N) is 1. The zero-order valence-electron chi connectivity index (χ0n) is 10.0. The number of hydrogen-bond donors (Lipinski definition) is 1. The largest absolute Gasteiger partial charge is 0.389 e. The van der Waals surface area contributed by atoms with Gasteiger partial charge in [0.25, 0.3) is 0 Å². The predicted octanol–water partition coefficient (Wildman–Crippen LogP) is 2.88. The molecule has 0 amide bonds. The fourth-order valence-electron chi connectivity index (χ4n) is 1.59. The van der Waals surface area contributed by atoms with Gasteiger partial charge in [-0.3, -0.25) is 0 Å². The number of aromatic nitrogens is 2. The van der Waals surface area contributed by atoms with Crippen molar-refractivity contribution in [3.05, 3.63) is 18.2 Å². The summed E-state index contributed by atoms with van der Waals surface area (Å²) in [6.45, 7) is 4.24. The Morgan fingerprint density at radius 1 is 1.41 bits per heavy atom. The number of imidazole rings is 1. The van der Waals surface area contributed by atoms with Crippen LogP contribution in [0.5, 0.6) is 0 Å². The van der Waals surface area contributed by atoms with Crippen LogP contribution in [0.25, 0.3) is 0 Å². The van der Waals surface area contributed by atoms with Crippen LogP contribution in [0.1, 0.15) is 38.4 Å². The molecule has 2 N–H and O–H groups in total. The van der Waals surface area contributed by atoms with Gasteiger partial charge >= 0.3 is 6.18 Å². The van der Waals surface area contributed by atoms with Gasteiger partial charge in [-0.05, 0) is 12.3 Å². The van der Waals surface area contributed by atoms with Gasteiger partial charge in [0.1, 0.15) is 0 Å². The van der Waals surface area contributed by atoms with E-state index in [1.54, 1.807) is 10.8 Å².